The number of aromatic nitrogens is 4. The van der Waals surface area contributed by atoms with Gasteiger partial charge < -0.3 is 10.1 Å². The highest BCUT2D eigenvalue weighted by Gasteiger charge is 2.18. The van der Waals surface area contributed by atoms with Gasteiger partial charge in [-0.05, 0) is 36.8 Å². The normalized spacial score (nSPS) is 10.9. The third-order valence-corrected chi connectivity index (χ3v) is 5.13. The highest BCUT2D eigenvalue weighted by atomic mass is 16.5. The Morgan fingerprint density at radius 1 is 1.03 bits per heavy atom. The van der Waals surface area contributed by atoms with Crippen molar-refractivity contribution in [1.29, 1.82) is 0 Å². The van der Waals surface area contributed by atoms with Gasteiger partial charge in [-0.25, -0.2) is 4.79 Å². The van der Waals surface area contributed by atoms with Gasteiger partial charge >= 0.3 is 5.69 Å². The molecule has 0 aliphatic carbocycles. The molecule has 0 radical (unpaired) electrons. The van der Waals surface area contributed by atoms with Crippen molar-refractivity contribution in [3.05, 3.63) is 87.2 Å². The summed E-state index contributed by atoms with van der Waals surface area (Å²) in [5.74, 6) is 0.272. The van der Waals surface area contributed by atoms with E-state index in [0.29, 0.717) is 23.5 Å². The second-order valence-corrected chi connectivity index (χ2v) is 7.24. The Balaban J connectivity index is 1.73. The molecule has 0 aliphatic heterocycles. The Morgan fingerprint density at radius 2 is 1.75 bits per heavy atom. The average Bonchev–Trinajstić information content (AvgIpc) is 3.25. The number of rotatable bonds is 7. The second kappa shape index (κ2) is 8.93. The minimum atomic E-state index is -0.563. The van der Waals surface area contributed by atoms with E-state index in [9.17, 15) is 14.4 Å². The third kappa shape index (κ3) is 4.18. The standard InChI is InChI=1S/C23H23N5O4/c1-3-26-14-19-21(25-26)22(30)28(13-16-7-5-4-6-8-16)23(31)27(19)15-20(29)24-17-9-11-18(32-2)12-10-17/h4-12,14H,3,13,15H2,1-2H3,(H,24,29). The van der Waals surface area contributed by atoms with Crippen molar-refractivity contribution in [2.45, 2.75) is 26.6 Å². The quantitative estimate of drug-likeness (QED) is 0.481. The van der Waals surface area contributed by atoms with Gasteiger partial charge in [0.25, 0.3) is 5.56 Å². The van der Waals surface area contributed by atoms with Gasteiger partial charge in [0, 0.05) is 18.4 Å². The van der Waals surface area contributed by atoms with Crippen molar-refractivity contribution in [2.24, 2.45) is 0 Å². The Hall–Kier alpha value is -4.14. The number of fused-ring (bicyclic) bond motifs is 1. The van der Waals surface area contributed by atoms with Crippen LogP contribution in [0, 0.1) is 0 Å². The number of carbonyl (C=O) groups excluding carboxylic acids is 1. The van der Waals surface area contributed by atoms with Crippen LogP contribution in [-0.4, -0.2) is 31.9 Å². The largest absolute Gasteiger partial charge is 0.497 e. The van der Waals surface area contributed by atoms with Crippen LogP contribution in [0.15, 0.2) is 70.4 Å². The molecule has 164 valence electrons. The molecule has 0 atom stereocenters. The maximum atomic E-state index is 13.3. The van der Waals surface area contributed by atoms with E-state index < -0.39 is 17.2 Å². The number of methoxy groups -OCH3 is 1. The van der Waals surface area contributed by atoms with Gasteiger partial charge in [-0.1, -0.05) is 30.3 Å². The summed E-state index contributed by atoms with van der Waals surface area (Å²) in [6.45, 7) is 2.24. The van der Waals surface area contributed by atoms with Crippen LogP contribution < -0.4 is 21.3 Å². The molecule has 0 spiro atoms. The monoisotopic (exact) mass is 433 g/mol. The van der Waals surface area contributed by atoms with Crippen molar-refractivity contribution < 1.29 is 9.53 Å². The molecular formula is C23H23N5O4. The lowest BCUT2D eigenvalue weighted by molar-refractivity contribution is -0.116. The molecule has 2 heterocycles. The zero-order chi connectivity index (χ0) is 22.7. The van der Waals surface area contributed by atoms with Gasteiger partial charge in [0.15, 0.2) is 5.52 Å². The molecule has 9 nitrogen and oxygen atoms in total. The lowest BCUT2D eigenvalue weighted by Gasteiger charge is -2.12. The van der Waals surface area contributed by atoms with Crippen LogP contribution in [0.3, 0.4) is 0 Å². The molecule has 32 heavy (non-hydrogen) atoms. The fraction of sp³-hybridized carbons (Fsp3) is 0.217. The number of aryl methyl sites for hydroxylation is 1. The van der Waals surface area contributed by atoms with Gasteiger partial charge in [-0.2, -0.15) is 5.10 Å². The first-order chi connectivity index (χ1) is 15.5. The molecule has 4 aromatic rings. The molecule has 0 unspecified atom stereocenters. The first-order valence-corrected chi connectivity index (χ1v) is 10.2. The van der Waals surface area contributed by atoms with Crippen molar-refractivity contribution in [3.8, 4) is 5.75 Å². The number of hydrogen-bond donors (Lipinski definition) is 1. The molecule has 0 bridgehead atoms. The van der Waals surface area contributed by atoms with E-state index in [1.54, 1.807) is 42.3 Å². The zero-order valence-electron chi connectivity index (χ0n) is 17.8. The van der Waals surface area contributed by atoms with Crippen molar-refractivity contribution >= 4 is 22.6 Å². The maximum absolute atomic E-state index is 13.3. The van der Waals surface area contributed by atoms with Crippen molar-refractivity contribution in [1.82, 2.24) is 18.9 Å². The zero-order valence-corrected chi connectivity index (χ0v) is 17.8. The van der Waals surface area contributed by atoms with Gasteiger partial charge in [0.1, 0.15) is 12.3 Å². The number of nitrogens with one attached hydrogen (secondary N) is 1. The molecule has 0 saturated carbocycles. The number of hydrogen-bond acceptors (Lipinski definition) is 5. The number of amides is 1. The van der Waals surface area contributed by atoms with Crippen LogP contribution in [0.5, 0.6) is 5.75 Å². The first kappa shape index (κ1) is 21.1. The molecule has 1 amide bonds. The van der Waals surface area contributed by atoms with Crippen LogP contribution in [-0.2, 0) is 24.4 Å². The Bertz CT molecular complexity index is 1370. The Kier molecular flexibility index (Phi) is 5.89. The number of ether oxygens (including phenoxy) is 1. The van der Waals surface area contributed by atoms with Gasteiger partial charge in [-0.15, -0.1) is 0 Å². The fourth-order valence-corrected chi connectivity index (χ4v) is 3.46. The van der Waals surface area contributed by atoms with E-state index >= 15 is 0 Å². The van der Waals surface area contributed by atoms with Gasteiger partial charge in [0.2, 0.25) is 5.91 Å². The third-order valence-electron chi connectivity index (χ3n) is 5.13. The first-order valence-electron chi connectivity index (χ1n) is 10.2. The Labute approximate surface area is 183 Å². The van der Waals surface area contributed by atoms with Crippen LogP contribution in [0.2, 0.25) is 0 Å². The number of anilines is 1. The van der Waals surface area contributed by atoms with E-state index in [1.807, 2.05) is 37.3 Å². The summed E-state index contributed by atoms with van der Waals surface area (Å²) in [7, 11) is 1.56. The van der Waals surface area contributed by atoms with E-state index in [0.717, 1.165) is 10.1 Å². The molecule has 9 heteroatoms. The smallest absolute Gasteiger partial charge is 0.332 e. The summed E-state index contributed by atoms with van der Waals surface area (Å²) >= 11 is 0. The predicted molar refractivity (Wildman–Crippen MR) is 121 cm³/mol. The summed E-state index contributed by atoms with van der Waals surface area (Å²) in [5, 5.41) is 7.09. The molecule has 0 saturated heterocycles. The summed E-state index contributed by atoms with van der Waals surface area (Å²) < 4.78 is 9.11. The number of benzene rings is 2. The van der Waals surface area contributed by atoms with E-state index in [2.05, 4.69) is 10.4 Å². The summed E-state index contributed by atoms with van der Waals surface area (Å²) in [6.07, 6.45) is 1.62. The lowest BCUT2D eigenvalue weighted by Crippen LogP contribution is -2.41. The minimum Gasteiger partial charge on any atom is -0.497 e. The summed E-state index contributed by atoms with van der Waals surface area (Å²) in [5.41, 5.74) is 0.813. The van der Waals surface area contributed by atoms with Crippen LogP contribution in [0.25, 0.3) is 11.0 Å². The molecule has 2 aromatic heterocycles. The lowest BCUT2D eigenvalue weighted by atomic mass is 10.2. The number of nitrogens with zero attached hydrogens (tertiary/aromatic N) is 4. The van der Waals surface area contributed by atoms with Crippen LogP contribution in [0.1, 0.15) is 12.5 Å². The summed E-state index contributed by atoms with van der Waals surface area (Å²) in [6, 6.07) is 16.1. The van der Waals surface area contributed by atoms with E-state index in [1.165, 1.54) is 4.57 Å². The molecular weight excluding hydrogens is 410 g/mol. The van der Waals surface area contributed by atoms with Crippen LogP contribution in [0.4, 0.5) is 5.69 Å². The molecule has 0 aliphatic rings. The van der Waals surface area contributed by atoms with Crippen molar-refractivity contribution in [2.75, 3.05) is 12.4 Å². The second-order valence-electron chi connectivity index (χ2n) is 7.24. The topological polar surface area (TPSA) is 100 Å². The predicted octanol–water partition coefficient (Wildman–Crippen LogP) is 2.08. The average molecular weight is 433 g/mol. The van der Waals surface area contributed by atoms with E-state index in [-0.39, 0.29) is 18.6 Å². The maximum Gasteiger partial charge on any atom is 0.332 e. The fourth-order valence-electron chi connectivity index (χ4n) is 3.46. The van der Waals surface area contributed by atoms with Crippen molar-refractivity contribution in [3.63, 3.8) is 0 Å². The van der Waals surface area contributed by atoms with Gasteiger partial charge in [0.05, 0.1) is 19.2 Å². The minimum absolute atomic E-state index is 0.0908. The molecule has 2 aromatic carbocycles. The molecule has 1 N–H and O–H groups in total. The van der Waals surface area contributed by atoms with Crippen LogP contribution >= 0.6 is 0 Å². The SMILES string of the molecule is CCn1cc2c(n1)c(=O)n(Cc1ccccc1)c(=O)n2CC(=O)Nc1ccc(OC)cc1. The highest BCUT2D eigenvalue weighted by molar-refractivity contribution is 5.91. The summed E-state index contributed by atoms with van der Waals surface area (Å²) in [4.78, 5) is 39.0. The van der Waals surface area contributed by atoms with E-state index in [4.69, 9.17) is 4.74 Å². The highest BCUT2D eigenvalue weighted by Crippen LogP contribution is 2.15. The Morgan fingerprint density at radius 3 is 2.41 bits per heavy atom. The number of carbonyl (C=O) groups is 1. The molecule has 0 fully saturated rings. The molecule has 4 rings (SSSR count). The van der Waals surface area contributed by atoms with Gasteiger partial charge in [-0.3, -0.25) is 23.4 Å².